The summed E-state index contributed by atoms with van der Waals surface area (Å²) in [7, 11) is 0. The maximum absolute atomic E-state index is 5.83. The molecule has 0 bridgehead atoms. The Kier molecular flexibility index (Phi) is 2.81. The molecule has 5 rings (SSSR count). The molecule has 3 N–H and O–H groups in total. The number of fused-ring (bicyclic) bond motifs is 2. The Balaban J connectivity index is 1.46. The molecule has 118 valence electrons. The normalized spacial score (nSPS) is 20.6. The Labute approximate surface area is 136 Å². The van der Waals surface area contributed by atoms with Crippen molar-refractivity contribution in [3.05, 3.63) is 28.7 Å². The van der Waals surface area contributed by atoms with Crippen LogP contribution in [0.2, 0.25) is 0 Å². The highest BCUT2D eigenvalue weighted by Gasteiger charge is 2.28. The van der Waals surface area contributed by atoms with Gasteiger partial charge in [0.25, 0.3) is 0 Å². The topological polar surface area (TPSA) is 94.0 Å². The average molecular weight is 327 g/mol. The summed E-state index contributed by atoms with van der Waals surface area (Å²) in [4.78, 5) is 5.72. The molecular formula is C15H17N7S. The maximum Gasteiger partial charge on any atom is 0.200 e. The molecule has 2 aliphatic rings. The van der Waals surface area contributed by atoms with Gasteiger partial charge in [-0.15, -0.1) is 21.5 Å². The van der Waals surface area contributed by atoms with Crippen molar-refractivity contribution in [1.82, 2.24) is 24.8 Å². The lowest BCUT2D eigenvalue weighted by molar-refractivity contribution is 0.610. The highest BCUT2D eigenvalue weighted by Crippen LogP contribution is 2.40. The molecule has 1 atom stereocenters. The Morgan fingerprint density at radius 3 is 3.09 bits per heavy atom. The summed E-state index contributed by atoms with van der Waals surface area (Å²) in [6.07, 6.45) is 7.13. The number of hydrogen-bond acceptors (Lipinski definition) is 7. The molecule has 3 aromatic rings. The van der Waals surface area contributed by atoms with Crippen LogP contribution in [0, 0.1) is 0 Å². The molecule has 2 aliphatic carbocycles. The lowest BCUT2D eigenvalue weighted by Crippen LogP contribution is -2.27. The largest absolute Gasteiger partial charge is 0.379 e. The summed E-state index contributed by atoms with van der Waals surface area (Å²) in [5, 5.41) is 17.2. The first-order chi connectivity index (χ1) is 11.3. The highest BCUT2D eigenvalue weighted by molar-refractivity contribution is 7.15. The first-order valence-electron chi connectivity index (χ1n) is 7.98. The zero-order valence-corrected chi connectivity index (χ0v) is 13.4. The predicted octanol–water partition coefficient (Wildman–Crippen LogP) is 2.01. The number of aromatic nitrogens is 5. The summed E-state index contributed by atoms with van der Waals surface area (Å²) in [5.41, 5.74) is 9.97. The van der Waals surface area contributed by atoms with Crippen LogP contribution in [0.3, 0.4) is 0 Å². The Bertz CT molecular complexity index is 879. The van der Waals surface area contributed by atoms with Crippen molar-refractivity contribution in [3.8, 4) is 0 Å². The zero-order valence-electron chi connectivity index (χ0n) is 12.6. The first-order valence-corrected chi connectivity index (χ1v) is 8.79. The number of nitrogens with two attached hydrogens (primary N) is 1. The minimum atomic E-state index is 0.373. The van der Waals surface area contributed by atoms with Crippen molar-refractivity contribution in [3.63, 3.8) is 0 Å². The van der Waals surface area contributed by atoms with Gasteiger partial charge in [0.15, 0.2) is 5.13 Å². The lowest BCUT2D eigenvalue weighted by atomic mass is 9.97. The van der Waals surface area contributed by atoms with E-state index in [4.69, 9.17) is 5.73 Å². The van der Waals surface area contributed by atoms with Crippen LogP contribution in [0.5, 0.6) is 0 Å². The summed E-state index contributed by atoms with van der Waals surface area (Å²) in [6.45, 7) is 0. The molecule has 7 nitrogen and oxygen atoms in total. The highest BCUT2D eigenvalue weighted by atomic mass is 32.1. The van der Waals surface area contributed by atoms with Gasteiger partial charge in [-0.25, -0.2) is 4.98 Å². The molecular weight excluding hydrogens is 310 g/mol. The number of nitrogens with one attached hydrogen (secondary N) is 1. The van der Waals surface area contributed by atoms with Crippen molar-refractivity contribution in [2.45, 2.75) is 44.1 Å². The van der Waals surface area contributed by atoms with E-state index in [9.17, 15) is 0 Å². The number of aryl methyl sites for hydroxylation is 1. The Morgan fingerprint density at radius 1 is 1.30 bits per heavy atom. The standard InChI is InChI=1S/C15H17N7S/c16-15-19-10-4-3-9(5-13(10)23-15)18-12-6-11(8-1-2-8)21-22-7-17-20-14(12)22/h6-9,18H,1-5H2,(H2,16,19)/t9-/m0/s1. The summed E-state index contributed by atoms with van der Waals surface area (Å²) < 4.78 is 1.79. The van der Waals surface area contributed by atoms with E-state index in [-0.39, 0.29) is 0 Å². The molecule has 0 spiro atoms. The molecule has 1 saturated carbocycles. The van der Waals surface area contributed by atoms with Gasteiger partial charge >= 0.3 is 0 Å². The molecule has 0 unspecified atom stereocenters. The van der Waals surface area contributed by atoms with Gasteiger partial charge in [-0.1, -0.05) is 0 Å². The zero-order chi connectivity index (χ0) is 15.4. The molecule has 0 amide bonds. The van der Waals surface area contributed by atoms with E-state index in [2.05, 4.69) is 31.7 Å². The minimum absolute atomic E-state index is 0.373. The van der Waals surface area contributed by atoms with Crippen LogP contribution in [-0.2, 0) is 12.8 Å². The second kappa shape index (κ2) is 4.89. The number of thiazole rings is 1. The third kappa shape index (κ3) is 2.33. The van der Waals surface area contributed by atoms with Gasteiger partial charge in [-0.3, -0.25) is 0 Å². The molecule has 0 saturated heterocycles. The fourth-order valence-electron chi connectivity index (χ4n) is 3.27. The van der Waals surface area contributed by atoms with Gasteiger partial charge in [0.1, 0.15) is 6.33 Å². The second-order valence-electron chi connectivity index (χ2n) is 6.36. The summed E-state index contributed by atoms with van der Waals surface area (Å²) >= 11 is 1.61. The van der Waals surface area contributed by atoms with E-state index in [0.29, 0.717) is 17.1 Å². The van der Waals surface area contributed by atoms with Crippen molar-refractivity contribution in [1.29, 1.82) is 0 Å². The fourth-order valence-corrected chi connectivity index (χ4v) is 4.23. The summed E-state index contributed by atoms with van der Waals surface area (Å²) in [5.74, 6) is 0.599. The van der Waals surface area contributed by atoms with Gasteiger partial charge in [-0.2, -0.15) is 9.61 Å². The molecule has 0 aliphatic heterocycles. The van der Waals surface area contributed by atoms with Crippen LogP contribution in [0.15, 0.2) is 12.4 Å². The monoisotopic (exact) mass is 327 g/mol. The molecule has 0 radical (unpaired) electrons. The molecule has 0 aromatic carbocycles. The molecule has 3 aromatic heterocycles. The number of anilines is 2. The van der Waals surface area contributed by atoms with Gasteiger partial charge in [0.2, 0.25) is 5.65 Å². The van der Waals surface area contributed by atoms with Gasteiger partial charge in [0.05, 0.1) is 17.1 Å². The number of nitrogens with zero attached hydrogens (tertiary/aromatic N) is 5. The van der Waals surface area contributed by atoms with Gasteiger partial charge in [0, 0.05) is 23.3 Å². The van der Waals surface area contributed by atoms with Crippen LogP contribution >= 0.6 is 11.3 Å². The smallest absolute Gasteiger partial charge is 0.200 e. The van der Waals surface area contributed by atoms with Gasteiger partial charge in [-0.05, 0) is 31.7 Å². The van der Waals surface area contributed by atoms with E-state index >= 15 is 0 Å². The molecule has 1 fully saturated rings. The summed E-state index contributed by atoms with van der Waals surface area (Å²) in [6, 6.07) is 2.52. The van der Waals surface area contributed by atoms with Crippen LogP contribution in [0.25, 0.3) is 5.65 Å². The minimum Gasteiger partial charge on any atom is -0.379 e. The van der Waals surface area contributed by atoms with E-state index in [0.717, 1.165) is 36.3 Å². The van der Waals surface area contributed by atoms with E-state index in [1.54, 1.807) is 22.2 Å². The average Bonchev–Trinajstić information content (AvgIpc) is 3.16. The van der Waals surface area contributed by atoms with E-state index < -0.39 is 0 Å². The van der Waals surface area contributed by atoms with Crippen LogP contribution in [-0.4, -0.2) is 30.8 Å². The quantitative estimate of drug-likeness (QED) is 0.764. The maximum atomic E-state index is 5.83. The van der Waals surface area contributed by atoms with Crippen LogP contribution in [0.1, 0.15) is 41.4 Å². The van der Waals surface area contributed by atoms with Crippen molar-refractivity contribution < 1.29 is 0 Å². The molecule has 8 heteroatoms. The van der Waals surface area contributed by atoms with Crippen molar-refractivity contribution in [2.75, 3.05) is 11.1 Å². The lowest BCUT2D eigenvalue weighted by Gasteiger charge is -2.23. The third-order valence-electron chi connectivity index (χ3n) is 4.60. The molecule has 23 heavy (non-hydrogen) atoms. The van der Waals surface area contributed by atoms with E-state index in [1.807, 2.05) is 0 Å². The van der Waals surface area contributed by atoms with E-state index in [1.165, 1.54) is 23.4 Å². The fraction of sp³-hybridized carbons (Fsp3) is 0.467. The first kappa shape index (κ1) is 13.2. The number of rotatable bonds is 3. The Hall–Kier alpha value is -2.22. The number of nitrogen functional groups attached to an aromatic ring is 1. The third-order valence-corrected chi connectivity index (χ3v) is 5.55. The molecule has 3 heterocycles. The predicted molar refractivity (Wildman–Crippen MR) is 88.7 cm³/mol. The SMILES string of the molecule is Nc1nc2c(s1)C[C@@H](Nc1cc(C3CC3)nn3cnnc13)CC2. The van der Waals surface area contributed by atoms with Crippen molar-refractivity contribution in [2.24, 2.45) is 0 Å². The van der Waals surface area contributed by atoms with Crippen LogP contribution < -0.4 is 11.1 Å². The van der Waals surface area contributed by atoms with Crippen LogP contribution in [0.4, 0.5) is 10.8 Å². The van der Waals surface area contributed by atoms with Gasteiger partial charge < -0.3 is 11.1 Å². The van der Waals surface area contributed by atoms with Crippen molar-refractivity contribution >= 4 is 27.8 Å². The second-order valence-corrected chi connectivity index (χ2v) is 7.48. The number of hydrogen-bond donors (Lipinski definition) is 2. The Morgan fingerprint density at radius 2 is 2.22 bits per heavy atom.